The van der Waals surface area contributed by atoms with Crippen LogP contribution in [0.25, 0.3) is 0 Å². The molecule has 0 aliphatic carbocycles. The molecule has 0 saturated heterocycles. The Kier molecular flexibility index (Phi) is 7.96. The number of carboxylic acid groups (broad SMARTS) is 1. The Morgan fingerprint density at radius 1 is 1.26 bits per heavy atom. The van der Waals surface area contributed by atoms with Gasteiger partial charge in [0.2, 0.25) is 5.13 Å². The van der Waals surface area contributed by atoms with E-state index in [0.29, 0.717) is 36.6 Å². The summed E-state index contributed by atoms with van der Waals surface area (Å²) in [5.74, 6) is -0.378. The number of anilines is 1. The first-order valence-corrected chi connectivity index (χ1v) is 9.32. The highest BCUT2D eigenvalue weighted by molar-refractivity contribution is 7.15. The lowest BCUT2D eigenvalue weighted by Gasteiger charge is -2.13. The third kappa shape index (κ3) is 7.19. The number of nitrogens with one attached hydrogen (secondary N) is 2. The highest BCUT2D eigenvalue weighted by Crippen LogP contribution is 2.18. The number of benzene rings is 1. The maximum Gasteiger partial charge on any atom is 0.326 e. The van der Waals surface area contributed by atoms with Crippen molar-refractivity contribution in [2.45, 2.75) is 38.8 Å². The first-order valence-electron chi connectivity index (χ1n) is 8.50. The van der Waals surface area contributed by atoms with Crippen molar-refractivity contribution in [3.05, 3.63) is 34.8 Å². The van der Waals surface area contributed by atoms with Crippen LogP contribution in [0.2, 0.25) is 0 Å². The van der Waals surface area contributed by atoms with Gasteiger partial charge in [-0.05, 0) is 44.9 Å². The summed E-state index contributed by atoms with van der Waals surface area (Å²) in [6, 6.07) is 5.99. The lowest BCUT2D eigenvalue weighted by molar-refractivity contribution is -0.139. The van der Waals surface area contributed by atoms with Crippen molar-refractivity contribution in [2.75, 3.05) is 11.9 Å². The van der Waals surface area contributed by atoms with Crippen molar-refractivity contribution < 1.29 is 19.4 Å². The number of amides is 2. The second-order valence-corrected chi connectivity index (χ2v) is 6.94. The molecule has 1 heterocycles. The number of ether oxygens (including phenoxy) is 1. The fourth-order valence-electron chi connectivity index (χ4n) is 2.18. The summed E-state index contributed by atoms with van der Waals surface area (Å²) in [6.07, 6.45) is 1.63. The number of rotatable bonds is 10. The third-order valence-electron chi connectivity index (χ3n) is 3.62. The van der Waals surface area contributed by atoms with Gasteiger partial charge < -0.3 is 20.9 Å². The van der Waals surface area contributed by atoms with E-state index in [1.807, 2.05) is 31.2 Å². The molecule has 1 aromatic carbocycles. The largest absolute Gasteiger partial charge is 0.486 e. The van der Waals surface area contributed by atoms with Gasteiger partial charge in [0, 0.05) is 0 Å². The molecule has 0 aliphatic heterocycles. The minimum absolute atomic E-state index is 0.223. The number of aliphatic carboxylic acids is 1. The fourth-order valence-corrected chi connectivity index (χ4v) is 2.83. The predicted molar refractivity (Wildman–Crippen MR) is 102 cm³/mol. The summed E-state index contributed by atoms with van der Waals surface area (Å²) < 4.78 is 5.61. The first-order chi connectivity index (χ1) is 13.0. The number of carbonyl (C=O) groups is 2. The highest BCUT2D eigenvalue weighted by atomic mass is 32.1. The van der Waals surface area contributed by atoms with Crippen molar-refractivity contribution in [1.29, 1.82) is 0 Å². The molecule has 10 heteroatoms. The lowest BCUT2D eigenvalue weighted by atomic mass is 10.1. The van der Waals surface area contributed by atoms with Gasteiger partial charge in [-0.25, -0.2) is 9.59 Å². The van der Waals surface area contributed by atoms with Gasteiger partial charge in [0.05, 0.1) is 0 Å². The number of aryl methyl sites for hydroxylation is 1. The van der Waals surface area contributed by atoms with Crippen molar-refractivity contribution in [2.24, 2.45) is 5.73 Å². The van der Waals surface area contributed by atoms with Crippen LogP contribution in [0.4, 0.5) is 9.93 Å². The van der Waals surface area contributed by atoms with E-state index in [9.17, 15) is 14.7 Å². The standard InChI is InChI=1S/C17H23N5O4S/c1-11-5-7-12(8-6-11)26-10-14-21-22-17(27-14)20-16(25)19-13(15(23)24)4-2-3-9-18/h5-8,13H,2-4,9-10,18H2,1H3,(H,23,24)(H2,19,20,22,25)/t13-/m0/s1. The first kappa shape index (κ1) is 20.6. The van der Waals surface area contributed by atoms with Crippen LogP contribution in [0.15, 0.2) is 24.3 Å². The van der Waals surface area contributed by atoms with Gasteiger partial charge in [-0.15, -0.1) is 10.2 Å². The molecule has 2 aromatic rings. The fraction of sp³-hybridized carbons (Fsp3) is 0.412. The Balaban J connectivity index is 1.81. The van der Waals surface area contributed by atoms with E-state index in [1.165, 1.54) is 0 Å². The van der Waals surface area contributed by atoms with Gasteiger partial charge >= 0.3 is 12.0 Å². The van der Waals surface area contributed by atoms with E-state index >= 15 is 0 Å². The van der Waals surface area contributed by atoms with E-state index in [1.54, 1.807) is 0 Å². The molecule has 27 heavy (non-hydrogen) atoms. The van der Waals surface area contributed by atoms with E-state index in [2.05, 4.69) is 20.8 Å². The van der Waals surface area contributed by atoms with Crippen molar-refractivity contribution in [3.8, 4) is 5.75 Å². The minimum Gasteiger partial charge on any atom is -0.486 e. The van der Waals surface area contributed by atoms with Gasteiger partial charge in [0.1, 0.15) is 18.4 Å². The number of carboxylic acids is 1. The Labute approximate surface area is 160 Å². The quantitative estimate of drug-likeness (QED) is 0.453. The van der Waals surface area contributed by atoms with Crippen LogP contribution in [0.5, 0.6) is 5.75 Å². The number of nitrogens with two attached hydrogens (primary N) is 1. The Bertz CT molecular complexity index is 750. The van der Waals surface area contributed by atoms with E-state index in [0.717, 1.165) is 16.9 Å². The summed E-state index contributed by atoms with van der Waals surface area (Å²) in [6.45, 7) is 2.70. The monoisotopic (exact) mass is 393 g/mol. The maximum atomic E-state index is 12.0. The number of carbonyl (C=O) groups excluding carboxylic acids is 1. The van der Waals surface area contributed by atoms with Crippen LogP contribution < -0.4 is 21.1 Å². The molecular formula is C17H23N5O4S. The number of aromatic nitrogens is 2. The molecule has 0 unspecified atom stereocenters. The molecule has 0 saturated carbocycles. The highest BCUT2D eigenvalue weighted by Gasteiger charge is 2.20. The number of nitrogens with zero attached hydrogens (tertiary/aromatic N) is 2. The minimum atomic E-state index is -1.09. The Morgan fingerprint density at radius 3 is 2.67 bits per heavy atom. The average Bonchev–Trinajstić information content (AvgIpc) is 3.07. The van der Waals surface area contributed by atoms with Gasteiger partial charge in [0.25, 0.3) is 0 Å². The van der Waals surface area contributed by atoms with Gasteiger partial charge in [-0.3, -0.25) is 5.32 Å². The van der Waals surface area contributed by atoms with Crippen LogP contribution >= 0.6 is 11.3 Å². The summed E-state index contributed by atoms with van der Waals surface area (Å²) in [7, 11) is 0. The molecule has 2 amide bonds. The van der Waals surface area contributed by atoms with E-state index in [-0.39, 0.29) is 11.7 Å². The number of urea groups is 1. The second kappa shape index (κ2) is 10.4. The molecule has 1 atom stereocenters. The molecular weight excluding hydrogens is 370 g/mol. The predicted octanol–water partition coefficient (Wildman–Crippen LogP) is 2.13. The molecule has 0 spiro atoms. The molecule has 1 aromatic heterocycles. The molecule has 0 fully saturated rings. The zero-order valence-corrected chi connectivity index (χ0v) is 15.8. The molecule has 0 radical (unpaired) electrons. The van der Waals surface area contributed by atoms with Crippen molar-refractivity contribution in [3.63, 3.8) is 0 Å². The van der Waals surface area contributed by atoms with Crippen molar-refractivity contribution in [1.82, 2.24) is 15.5 Å². The normalized spacial score (nSPS) is 11.6. The lowest BCUT2D eigenvalue weighted by Crippen LogP contribution is -2.43. The number of hydrogen-bond acceptors (Lipinski definition) is 7. The van der Waals surface area contributed by atoms with Crippen LogP contribution in [0.3, 0.4) is 0 Å². The average molecular weight is 393 g/mol. The Morgan fingerprint density at radius 2 is 2.00 bits per heavy atom. The molecule has 146 valence electrons. The molecule has 0 aliphatic rings. The molecule has 0 bridgehead atoms. The van der Waals surface area contributed by atoms with Crippen LogP contribution in [0, 0.1) is 6.92 Å². The molecule has 2 rings (SSSR count). The van der Waals surface area contributed by atoms with Gasteiger partial charge in [-0.2, -0.15) is 0 Å². The van der Waals surface area contributed by atoms with Gasteiger partial charge in [-0.1, -0.05) is 29.0 Å². The summed E-state index contributed by atoms with van der Waals surface area (Å²) in [5.41, 5.74) is 6.53. The van der Waals surface area contributed by atoms with Crippen LogP contribution in [-0.2, 0) is 11.4 Å². The van der Waals surface area contributed by atoms with E-state index < -0.39 is 18.0 Å². The van der Waals surface area contributed by atoms with Crippen LogP contribution in [0.1, 0.15) is 29.8 Å². The van der Waals surface area contributed by atoms with Gasteiger partial charge in [0.15, 0.2) is 5.01 Å². The zero-order valence-electron chi connectivity index (χ0n) is 15.0. The van der Waals surface area contributed by atoms with Crippen molar-refractivity contribution >= 4 is 28.5 Å². The molecule has 9 nitrogen and oxygen atoms in total. The number of hydrogen-bond donors (Lipinski definition) is 4. The summed E-state index contributed by atoms with van der Waals surface area (Å²) in [5, 5.41) is 22.7. The Hall–Kier alpha value is -2.72. The van der Waals surface area contributed by atoms with Crippen LogP contribution in [-0.4, -0.2) is 39.9 Å². The zero-order chi connectivity index (χ0) is 19.6. The third-order valence-corrected chi connectivity index (χ3v) is 4.43. The number of unbranched alkanes of at least 4 members (excludes halogenated alkanes) is 1. The summed E-state index contributed by atoms with van der Waals surface area (Å²) in [4.78, 5) is 23.2. The second-order valence-electron chi connectivity index (χ2n) is 5.88. The van der Waals surface area contributed by atoms with E-state index in [4.69, 9.17) is 10.5 Å². The SMILES string of the molecule is Cc1ccc(OCc2nnc(NC(=O)N[C@@H](CCCCN)C(=O)O)s2)cc1. The maximum absolute atomic E-state index is 12.0. The molecule has 5 N–H and O–H groups in total. The smallest absolute Gasteiger partial charge is 0.326 e. The summed E-state index contributed by atoms with van der Waals surface area (Å²) >= 11 is 1.16. The topological polar surface area (TPSA) is 139 Å².